The lowest BCUT2D eigenvalue weighted by atomic mass is 9.95. The SMILES string of the molecule is CC(C)C1CCN(C(=O)C2CCCCN2)C1. The van der Waals surface area contributed by atoms with Crippen molar-refractivity contribution in [2.75, 3.05) is 19.6 Å². The van der Waals surface area contributed by atoms with E-state index in [4.69, 9.17) is 0 Å². The second kappa shape index (κ2) is 5.17. The van der Waals surface area contributed by atoms with Crippen molar-refractivity contribution in [3.63, 3.8) is 0 Å². The molecule has 16 heavy (non-hydrogen) atoms. The molecule has 2 heterocycles. The maximum Gasteiger partial charge on any atom is 0.239 e. The molecule has 2 unspecified atom stereocenters. The average Bonchev–Trinajstić information content (AvgIpc) is 2.78. The Morgan fingerprint density at radius 3 is 2.69 bits per heavy atom. The van der Waals surface area contributed by atoms with Crippen molar-refractivity contribution < 1.29 is 4.79 Å². The summed E-state index contributed by atoms with van der Waals surface area (Å²) >= 11 is 0. The van der Waals surface area contributed by atoms with E-state index in [0.29, 0.717) is 17.7 Å². The Morgan fingerprint density at radius 1 is 1.31 bits per heavy atom. The summed E-state index contributed by atoms with van der Waals surface area (Å²) in [5, 5.41) is 3.35. The minimum Gasteiger partial charge on any atom is -0.341 e. The summed E-state index contributed by atoms with van der Waals surface area (Å²) in [6.07, 6.45) is 4.64. The highest BCUT2D eigenvalue weighted by Crippen LogP contribution is 2.24. The van der Waals surface area contributed by atoms with E-state index < -0.39 is 0 Å². The average molecular weight is 224 g/mol. The molecule has 92 valence electrons. The third-order valence-corrected chi connectivity index (χ3v) is 4.09. The molecule has 0 aromatic rings. The van der Waals surface area contributed by atoms with Crippen molar-refractivity contribution in [1.29, 1.82) is 0 Å². The van der Waals surface area contributed by atoms with Gasteiger partial charge in [0.15, 0.2) is 0 Å². The van der Waals surface area contributed by atoms with Crippen LogP contribution in [0.5, 0.6) is 0 Å². The molecule has 0 aliphatic carbocycles. The number of hydrogen-bond donors (Lipinski definition) is 1. The fourth-order valence-electron chi connectivity index (χ4n) is 2.81. The monoisotopic (exact) mass is 224 g/mol. The third kappa shape index (κ3) is 2.57. The first kappa shape index (κ1) is 11.9. The number of amides is 1. The standard InChI is InChI=1S/C13H24N2O/c1-10(2)11-6-8-15(9-11)13(16)12-5-3-4-7-14-12/h10-12,14H,3-9H2,1-2H3. The van der Waals surface area contributed by atoms with Gasteiger partial charge in [0.1, 0.15) is 0 Å². The molecule has 0 bridgehead atoms. The maximum absolute atomic E-state index is 12.2. The van der Waals surface area contributed by atoms with E-state index in [1.807, 2.05) is 0 Å². The highest BCUT2D eigenvalue weighted by Gasteiger charge is 2.32. The van der Waals surface area contributed by atoms with Crippen molar-refractivity contribution in [3.05, 3.63) is 0 Å². The highest BCUT2D eigenvalue weighted by atomic mass is 16.2. The zero-order chi connectivity index (χ0) is 11.5. The van der Waals surface area contributed by atoms with Gasteiger partial charge in [-0.2, -0.15) is 0 Å². The molecule has 0 aromatic carbocycles. The Morgan fingerprint density at radius 2 is 2.12 bits per heavy atom. The molecular formula is C13H24N2O. The van der Waals surface area contributed by atoms with E-state index in [9.17, 15) is 4.79 Å². The number of carbonyl (C=O) groups excluding carboxylic acids is 1. The second-order valence-corrected chi connectivity index (χ2v) is 5.58. The van der Waals surface area contributed by atoms with Crippen LogP contribution in [0.15, 0.2) is 0 Å². The first-order valence-corrected chi connectivity index (χ1v) is 6.70. The highest BCUT2D eigenvalue weighted by molar-refractivity contribution is 5.82. The van der Waals surface area contributed by atoms with E-state index in [2.05, 4.69) is 24.1 Å². The molecule has 0 aromatic heterocycles. The molecule has 2 atom stereocenters. The van der Waals surface area contributed by atoms with Gasteiger partial charge in [-0.1, -0.05) is 20.3 Å². The zero-order valence-corrected chi connectivity index (χ0v) is 10.5. The summed E-state index contributed by atoms with van der Waals surface area (Å²) in [7, 11) is 0. The number of carbonyl (C=O) groups is 1. The largest absolute Gasteiger partial charge is 0.341 e. The first-order chi connectivity index (χ1) is 7.68. The van der Waals surface area contributed by atoms with Crippen molar-refractivity contribution in [2.45, 2.75) is 45.6 Å². The maximum atomic E-state index is 12.2. The molecule has 0 radical (unpaired) electrons. The molecular weight excluding hydrogens is 200 g/mol. The molecule has 3 heteroatoms. The van der Waals surface area contributed by atoms with Gasteiger partial charge in [0.2, 0.25) is 5.91 Å². The fraction of sp³-hybridized carbons (Fsp3) is 0.923. The minimum atomic E-state index is 0.111. The number of nitrogens with zero attached hydrogens (tertiary/aromatic N) is 1. The quantitative estimate of drug-likeness (QED) is 0.773. The van der Waals surface area contributed by atoms with Crippen LogP contribution in [-0.4, -0.2) is 36.5 Å². The Balaban J connectivity index is 1.86. The molecule has 1 amide bonds. The van der Waals surface area contributed by atoms with Gasteiger partial charge in [0, 0.05) is 13.1 Å². The normalized spacial score (nSPS) is 31.1. The van der Waals surface area contributed by atoms with Gasteiger partial charge in [0.25, 0.3) is 0 Å². The van der Waals surface area contributed by atoms with E-state index >= 15 is 0 Å². The second-order valence-electron chi connectivity index (χ2n) is 5.58. The number of nitrogens with one attached hydrogen (secondary N) is 1. The van der Waals surface area contributed by atoms with E-state index in [-0.39, 0.29) is 6.04 Å². The van der Waals surface area contributed by atoms with Crippen molar-refractivity contribution in [2.24, 2.45) is 11.8 Å². The van der Waals surface area contributed by atoms with Gasteiger partial charge < -0.3 is 10.2 Å². The van der Waals surface area contributed by atoms with Crippen LogP contribution in [0.4, 0.5) is 0 Å². The molecule has 2 aliphatic heterocycles. The van der Waals surface area contributed by atoms with Crippen LogP contribution in [0.2, 0.25) is 0 Å². The van der Waals surface area contributed by atoms with Crippen molar-refractivity contribution >= 4 is 5.91 Å². The Hall–Kier alpha value is -0.570. The van der Waals surface area contributed by atoms with Gasteiger partial charge in [-0.3, -0.25) is 4.79 Å². The van der Waals surface area contributed by atoms with Gasteiger partial charge >= 0.3 is 0 Å². The van der Waals surface area contributed by atoms with E-state index in [1.165, 1.54) is 19.3 Å². The lowest BCUT2D eigenvalue weighted by Gasteiger charge is -2.27. The lowest BCUT2D eigenvalue weighted by molar-refractivity contribution is -0.133. The molecule has 0 spiro atoms. The number of likely N-dealkylation sites (tertiary alicyclic amines) is 1. The fourth-order valence-corrected chi connectivity index (χ4v) is 2.81. The smallest absolute Gasteiger partial charge is 0.239 e. The molecule has 2 rings (SSSR count). The number of piperidine rings is 1. The van der Waals surface area contributed by atoms with Crippen LogP contribution in [0.25, 0.3) is 0 Å². The molecule has 1 N–H and O–H groups in total. The van der Waals surface area contributed by atoms with Crippen LogP contribution in [0.3, 0.4) is 0 Å². The molecule has 3 nitrogen and oxygen atoms in total. The van der Waals surface area contributed by atoms with E-state index in [0.717, 1.165) is 26.1 Å². The van der Waals surface area contributed by atoms with Gasteiger partial charge in [-0.25, -0.2) is 0 Å². The van der Waals surface area contributed by atoms with Gasteiger partial charge in [-0.15, -0.1) is 0 Å². The molecule has 2 fully saturated rings. The van der Waals surface area contributed by atoms with Crippen LogP contribution in [-0.2, 0) is 4.79 Å². The van der Waals surface area contributed by atoms with Gasteiger partial charge in [-0.05, 0) is 37.6 Å². The summed E-state index contributed by atoms with van der Waals surface area (Å²) in [4.78, 5) is 14.3. The summed E-state index contributed by atoms with van der Waals surface area (Å²) in [5.74, 6) is 1.77. The van der Waals surface area contributed by atoms with Crippen LogP contribution >= 0.6 is 0 Å². The Labute approximate surface area is 98.6 Å². The lowest BCUT2D eigenvalue weighted by Crippen LogP contribution is -2.47. The molecule has 2 aliphatic rings. The predicted octanol–water partition coefficient (Wildman–Crippen LogP) is 1.63. The topological polar surface area (TPSA) is 32.3 Å². The van der Waals surface area contributed by atoms with Crippen molar-refractivity contribution in [3.8, 4) is 0 Å². The van der Waals surface area contributed by atoms with Crippen LogP contribution in [0.1, 0.15) is 39.5 Å². The van der Waals surface area contributed by atoms with E-state index in [1.54, 1.807) is 0 Å². The summed E-state index contributed by atoms with van der Waals surface area (Å²) in [6, 6.07) is 0.111. The molecule has 0 saturated carbocycles. The Kier molecular flexibility index (Phi) is 3.85. The van der Waals surface area contributed by atoms with Gasteiger partial charge in [0.05, 0.1) is 6.04 Å². The predicted molar refractivity (Wildman–Crippen MR) is 65.2 cm³/mol. The summed E-state index contributed by atoms with van der Waals surface area (Å²) in [5.41, 5.74) is 0. The minimum absolute atomic E-state index is 0.111. The molecule has 2 saturated heterocycles. The number of hydrogen-bond acceptors (Lipinski definition) is 2. The first-order valence-electron chi connectivity index (χ1n) is 6.70. The van der Waals surface area contributed by atoms with Crippen LogP contribution < -0.4 is 5.32 Å². The summed E-state index contributed by atoms with van der Waals surface area (Å²) < 4.78 is 0. The Bertz CT molecular complexity index is 246. The van der Waals surface area contributed by atoms with Crippen molar-refractivity contribution in [1.82, 2.24) is 10.2 Å². The zero-order valence-electron chi connectivity index (χ0n) is 10.5. The number of rotatable bonds is 2. The summed E-state index contributed by atoms with van der Waals surface area (Å²) in [6.45, 7) is 7.49. The van der Waals surface area contributed by atoms with Crippen LogP contribution in [0, 0.1) is 11.8 Å². The third-order valence-electron chi connectivity index (χ3n) is 4.09.